The highest BCUT2D eigenvalue weighted by Crippen LogP contribution is 2.21. The predicted molar refractivity (Wildman–Crippen MR) is 75.9 cm³/mol. The van der Waals surface area contributed by atoms with Crippen LogP contribution in [0.4, 0.5) is 4.39 Å². The van der Waals surface area contributed by atoms with E-state index in [1.54, 1.807) is 0 Å². The zero-order valence-electron chi connectivity index (χ0n) is 11.3. The number of methoxy groups -OCH3 is 1. The van der Waals surface area contributed by atoms with Crippen molar-refractivity contribution in [3.63, 3.8) is 0 Å². The number of rotatable bonds is 6. The minimum absolute atomic E-state index is 0.0941. The van der Waals surface area contributed by atoms with Crippen LogP contribution in [0.3, 0.4) is 0 Å². The molecule has 0 fully saturated rings. The average molecular weight is 347 g/mol. The summed E-state index contributed by atoms with van der Waals surface area (Å²) >= 11 is 3.03. The number of hydrogen-bond acceptors (Lipinski definition) is 3. The third-order valence-electron chi connectivity index (χ3n) is 2.54. The Morgan fingerprint density at radius 2 is 2.15 bits per heavy atom. The molecule has 0 atom stereocenters. The Morgan fingerprint density at radius 3 is 2.80 bits per heavy atom. The molecule has 7 heteroatoms. The first-order chi connectivity index (χ1) is 9.47. The molecule has 0 saturated carbocycles. The topological polar surface area (TPSA) is 58.6 Å². The van der Waals surface area contributed by atoms with Crippen molar-refractivity contribution in [1.29, 1.82) is 0 Å². The summed E-state index contributed by atoms with van der Waals surface area (Å²) in [5, 5.41) is 2.60. The van der Waals surface area contributed by atoms with Crippen molar-refractivity contribution in [2.24, 2.45) is 0 Å². The Balaban J connectivity index is 2.63. The molecule has 0 heterocycles. The third-order valence-corrected chi connectivity index (χ3v) is 3.34. The highest BCUT2D eigenvalue weighted by molar-refractivity contribution is 9.10. The molecule has 0 aliphatic heterocycles. The van der Waals surface area contributed by atoms with Crippen molar-refractivity contribution in [3.05, 3.63) is 34.1 Å². The van der Waals surface area contributed by atoms with Crippen molar-refractivity contribution < 1.29 is 18.7 Å². The lowest BCUT2D eigenvalue weighted by Crippen LogP contribution is -2.39. The first-order valence-corrected chi connectivity index (χ1v) is 6.71. The number of nitrogens with zero attached hydrogens (tertiary/aromatic N) is 1. The highest BCUT2D eigenvalue weighted by Gasteiger charge is 2.18. The Labute approximate surface area is 125 Å². The molecular weight excluding hydrogens is 331 g/mol. The number of likely N-dealkylation sites (N-methyl/N-ethyl adjacent to an activating group) is 1. The van der Waals surface area contributed by atoms with E-state index in [2.05, 4.69) is 21.2 Å². The molecule has 0 radical (unpaired) electrons. The maximum atomic E-state index is 13.4. The number of halogens is 2. The van der Waals surface area contributed by atoms with Gasteiger partial charge in [0.15, 0.2) is 0 Å². The van der Waals surface area contributed by atoms with Crippen LogP contribution in [0.1, 0.15) is 10.4 Å². The third kappa shape index (κ3) is 4.57. The van der Waals surface area contributed by atoms with Crippen molar-refractivity contribution in [3.8, 4) is 0 Å². The van der Waals surface area contributed by atoms with Gasteiger partial charge in [0.25, 0.3) is 5.91 Å². The molecule has 110 valence electrons. The molecular formula is C13H16BrFN2O3. The summed E-state index contributed by atoms with van der Waals surface area (Å²) in [5.74, 6) is -1.25. The van der Waals surface area contributed by atoms with Crippen LogP contribution >= 0.6 is 15.9 Å². The van der Waals surface area contributed by atoms with Crippen LogP contribution in [0.25, 0.3) is 0 Å². The van der Waals surface area contributed by atoms with Gasteiger partial charge in [0.2, 0.25) is 5.91 Å². The van der Waals surface area contributed by atoms with E-state index in [0.29, 0.717) is 13.2 Å². The van der Waals surface area contributed by atoms with Crippen LogP contribution in [0.2, 0.25) is 0 Å². The minimum Gasteiger partial charge on any atom is -0.383 e. The van der Waals surface area contributed by atoms with Crippen LogP contribution < -0.4 is 5.32 Å². The number of carbonyl (C=O) groups excluding carboxylic acids is 2. The zero-order valence-corrected chi connectivity index (χ0v) is 12.9. The first-order valence-electron chi connectivity index (χ1n) is 5.92. The maximum absolute atomic E-state index is 13.4. The second kappa shape index (κ2) is 7.96. The molecule has 0 unspecified atom stereocenters. The van der Waals surface area contributed by atoms with E-state index >= 15 is 0 Å². The van der Waals surface area contributed by atoms with Crippen LogP contribution in [0, 0.1) is 5.82 Å². The molecule has 1 rings (SSSR count). The molecule has 1 N–H and O–H groups in total. The summed E-state index contributed by atoms with van der Waals surface area (Å²) in [4.78, 5) is 24.9. The molecule has 1 aromatic carbocycles. The van der Waals surface area contributed by atoms with Gasteiger partial charge >= 0.3 is 0 Å². The molecule has 2 amide bonds. The summed E-state index contributed by atoms with van der Waals surface area (Å²) < 4.78 is 18.3. The summed E-state index contributed by atoms with van der Waals surface area (Å²) in [5.41, 5.74) is 0.178. The SMILES string of the molecule is COCCNC(=O)CN(C)C(=O)c1cccc(F)c1Br. The fourth-order valence-corrected chi connectivity index (χ4v) is 1.94. The lowest BCUT2D eigenvalue weighted by atomic mass is 10.2. The van der Waals surface area contributed by atoms with Gasteiger partial charge in [-0.25, -0.2) is 4.39 Å². The van der Waals surface area contributed by atoms with Gasteiger partial charge in [-0.1, -0.05) is 6.07 Å². The van der Waals surface area contributed by atoms with E-state index in [9.17, 15) is 14.0 Å². The lowest BCUT2D eigenvalue weighted by molar-refractivity contribution is -0.121. The number of carbonyl (C=O) groups is 2. The van der Waals surface area contributed by atoms with Gasteiger partial charge < -0.3 is 15.0 Å². The van der Waals surface area contributed by atoms with Crippen LogP contribution in [-0.4, -0.2) is 50.6 Å². The van der Waals surface area contributed by atoms with Gasteiger partial charge in [0, 0.05) is 20.7 Å². The molecule has 1 aromatic rings. The molecule has 0 aliphatic rings. The fraction of sp³-hybridized carbons (Fsp3) is 0.385. The van der Waals surface area contributed by atoms with Crippen LogP contribution in [0.5, 0.6) is 0 Å². The van der Waals surface area contributed by atoms with Gasteiger partial charge in [0.1, 0.15) is 5.82 Å². The van der Waals surface area contributed by atoms with Crippen molar-refractivity contribution in [2.75, 3.05) is 33.9 Å². The van der Waals surface area contributed by atoms with E-state index in [0.717, 1.165) is 0 Å². The maximum Gasteiger partial charge on any atom is 0.255 e. The molecule has 0 saturated heterocycles. The largest absolute Gasteiger partial charge is 0.383 e. The second-order valence-corrected chi connectivity index (χ2v) is 4.90. The van der Waals surface area contributed by atoms with Gasteiger partial charge in [-0.2, -0.15) is 0 Å². The second-order valence-electron chi connectivity index (χ2n) is 4.11. The highest BCUT2D eigenvalue weighted by atomic mass is 79.9. The van der Waals surface area contributed by atoms with Crippen molar-refractivity contribution in [2.45, 2.75) is 0 Å². The summed E-state index contributed by atoms with van der Waals surface area (Å²) in [6.07, 6.45) is 0. The van der Waals surface area contributed by atoms with E-state index < -0.39 is 11.7 Å². The Bertz CT molecular complexity index is 497. The first kappa shape index (κ1) is 16.6. The Hall–Kier alpha value is -1.47. The molecule has 0 aromatic heterocycles. The normalized spacial score (nSPS) is 10.2. The fourth-order valence-electron chi connectivity index (χ4n) is 1.51. The molecule has 0 bridgehead atoms. The summed E-state index contributed by atoms with van der Waals surface area (Å²) in [6, 6.07) is 4.19. The van der Waals surface area contributed by atoms with Crippen LogP contribution in [-0.2, 0) is 9.53 Å². The van der Waals surface area contributed by atoms with E-state index in [4.69, 9.17) is 4.74 Å². The standard InChI is InChI=1S/C13H16BrFN2O3/c1-17(8-11(18)16-6-7-20-2)13(19)9-4-3-5-10(15)12(9)14/h3-5H,6-8H2,1-2H3,(H,16,18). The molecule has 20 heavy (non-hydrogen) atoms. The Morgan fingerprint density at radius 1 is 1.45 bits per heavy atom. The quantitative estimate of drug-likeness (QED) is 0.792. The summed E-state index contributed by atoms with van der Waals surface area (Å²) in [7, 11) is 3.01. The van der Waals surface area contributed by atoms with Gasteiger partial charge in [-0.05, 0) is 28.1 Å². The molecule has 5 nitrogen and oxygen atoms in total. The average Bonchev–Trinajstić information content (AvgIpc) is 2.41. The number of hydrogen-bond donors (Lipinski definition) is 1. The van der Waals surface area contributed by atoms with E-state index in [1.165, 1.54) is 37.3 Å². The van der Waals surface area contributed by atoms with Gasteiger partial charge in [-0.15, -0.1) is 0 Å². The number of amides is 2. The van der Waals surface area contributed by atoms with Gasteiger partial charge in [0.05, 0.1) is 23.2 Å². The van der Waals surface area contributed by atoms with E-state index in [-0.39, 0.29) is 22.5 Å². The molecule has 0 spiro atoms. The van der Waals surface area contributed by atoms with Gasteiger partial charge in [-0.3, -0.25) is 9.59 Å². The summed E-state index contributed by atoms with van der Waals surface area (Å²) in [6.45, 7) is 0.672. The van der Waals surface area contributed by atoms with Crippen molar-refractivity contribution in [1.82, 2.24) is 10.2 Å². The van der Waals surface area contributed by atoms with Crippen molar-refractivity contribution >= 4 is 27.7 Å². The number of ether oxygens (including phenoxy) is 1. The zero-order chi connectivity index (χ0) is 15.1. The predicted octanol–water partition coefficient (Wildman–Crippen LogP) is 1.42. The minimum atomic E-state index is -0.520. The lowest BCUT2D eigenvalue weighted by Gasteiger charge is -2.17. The van der Waals surface area contributed by atoms with Crippen LogP contribution in [0.15, 0.2) is 22.7 Å². The monoisotopic (exact) mass is 346 g/mol. The Kier molecular flexibility index (Phi) is 6.60. The smallest absolute Gasteiger partial charge is 0.255 e. The number of benzene rings is 1. The number of nitrogens with one attached hydrogen (secondary N) is 1. The molecule has 0 aliphatic carbocycles. The van der Waals surface area contributed by atoms with E-state index in [1.807, 2.05) is 0 Å².